The van der Waals surface area contributed by atoms with Crippen molar-refractivity contribution in [2.45, 2.75) is 77.7 Å². The van der Waals surface area contributed by atoms with Crippen molar-refractivity contribution in [3.63, 3.8) is 0 Å². The average molecular weight is 373 g/mol. The molecule has 0 aromatic rings. The smallest absolute Gasteiger partial charge is 0.407 e. The van der Waals surface area contributed by atoms with Crippen molar-refractivity contribution in [2.24, 2.45) is 0 Å². The number of ether oxygens (including phenoxy) is 2. The standard InChI is InChI=1S/2C9H18N2O2/c2*1-9(2,3)13-8(12)11-7-4-5-10-6-7/h2*7,10H,4-6H2,1-3H3,(H,11,12)/t2*7-/m10/s1. The summed E-state index contributed by atoms with van der Waals surface area (Å²) in [7, 11) is 0. The number of hydrogen-bond acceptors (Lipinski definition) is 6. The van der Waals surface area contributed by atoms with Gasteiger partial charge in [-0.3, -0.25) is 0 Å². The van der Waals surface area contributed by atoms with Crippen LogP contribution in [0.25, 0.3) is 0 Å². The van der Waals surface area contributed by atoms with Crippen molar-refractivity contribution in [2.75, 3.05) is 26.2 Å². The summed E-state index contributed by atoms with van der Waals surface area (Å²) in [5, 5.41) is 12.0. The minimum Gasteiger partial charge on any atom is -0.444 e. The molecular weight excluding hydrogens is 336 g/mol. The zero-order chi connectivity index (χ0) is 19.8. The third kappa shape index (κ3) is 11.1. The van der Waals surface area contributed by atoms with E-state index < -0.39 is 11.2 Å². The molecule has 2 saturated heterocycles. The molecule has 152 valence electrons. The van der Waals surface area contributed by atoms with Crippen molar-refractivity contribution >= 4 is 12.2 Å². The fraction of sp³-hybridized carbons (Fsp3) is 0.889. The van der Waals surface area contributed by atoms with Gasteiger partial charge in [-0.1, -0.05) is 0 Å². The van der Waals surface area contributed by atoms with E-state index in [2.05, 4.69) is 21.3 Å². The molecule has 0 aromatic carbocycles. The van der Waals surface area contributed by atoms with Crippen molar-refractivity contribution in [1.29, 1.82) is 0 Å². The quantitative estimate of drug-likeness (QED) is 0.589. The normalized spacial score (nSPS) is 22.8. The molecule has 26 heavy (non-hydrogen) atoms. The predicted molar refractivity (Wildman–Crippen MR) is 101 cm³/mol. The number of rotatable bonds is 2. The minimum atomic E-state index is -0.407. The van der Waals surface area contributed by atoms with Gasteiger partial charge in [-0.05, 0) is 67.5 Å². The molecule has 2 heterocycles. The van der Waals surface area contributed by atoms with Gasteiger partial charge in [0, 0.05) is 25.2 Å². The van der Waals surface area contributed by atoms with Gasteiger partial charge in [-0.2, -0.15) is 0 Å². The minimum absolute atomic E-state index is 0.231. The maximum atomic E-state index is 11.3. The largest absolute Gasteiger partial charge is 0.444 e. The van der Waals surface area contributed by atoms with E-state index in [1.165, 1.54) is 0 Å². The zero-order valence-electron chi connectivity index (χ0n) is 17.0. The molecular formula is C18H36N4O4. The van der Waals surface area contributed by atoms with Gasteiger partial charge >= 0.3 is 12.2 Å². The SMILES string of the molecule is CC(C)(C)OC(=O)N[C@@H]1CCNC1.CC(C)(C)OC(=O)N[C@H]1CCNC1. The lowest BCUT2D eigenvalue weighted by Crippen LogP contribution is -2.40. The Morgan fingerprint density at radius 2 is 1.12 bits per heavy atom. The molecule has 2 atom stereocenters. The molecule has 8 nitrogen and oxygen atoms in total. The summed E-state index contributed by atoms with van der Waals surface area (Å²) < 4.78 is 10.2. The van der Waals surface area contributed by atoms with E-state index in [9.17, 15) is 9.59 Å². The summed E-state index contributed by atoms with van der Waals surface area (Å²) in [6.45, 7) is 14.8. The van der Waals surface area contributed by atoms with Crippen molar-refractivity contribution in [3.8, 4) is 0 Å². The van der Waals surface area contributed by atoms with Gasteiger partial charge in [-0.25, -0.2) is 9.59 Å². The Hall–Kier alpha value is -1.54. The predicted octanol–water partition coefficient (Wildman–Crippen LogP) is 1.75. The second-order valence-corrected chi connectivity index (χ2v) is 8.67. The lowest BCUT2D eigenvalue weighted by Gasteiger charge is -2.21. The van der Waals surface area contributed by atoms with E-state index in [1.54, 1.807) is 0 Å². The molecule has 0 spiro atoms. The number of hydrogen-bond donors (Lipinski definition) is 4. The van der Waals surface area contributed by atoms with E-state index in [0.29, 0.717) is 0 Å². The van der Waals surface area contributed by atoms with Gasteiger partial charge in [0.2, 0.25) is 0 Å². The fourth-order valence-corrected chi connectivity index (χ4v) is 2.50. The first kappa shape index (κ1) is 22.5. The maximum absolute atomic E-state index is 11.3. The zero-order valence-corrected chi connectivity index (χ0v) is 17.0. The first-order chi connectivity index (χ1) is 11.9. The van der Waals surface area contributed by atoms with Crippen LogP contribution < -0.4 is 21.3 Å². The van der Waals surface area contributed by atoms with Crippen LogP contribution in [0.1, 0.15) is 54.4 Å². The highest BCUT2D eigenvalue weighted by molar-refractivity contribution is 5.68. The summed E-state index contributed by atoms with van der Waals surface area (Å²) >= 11 is 0. The fourth-order valence-electron chi connectivity index (χ4n) is 2.50. The Bertz CT molecular complexity index is 403. The third-order valence-corrected chi connectivity index (χ3v) is 3.56. The molecule has 0 radical (unpaired) electrons. The monoisotopic (exact) mass is 372 g/mol. The first-order valence-electron chi connectivity index (χ1n) is 9.35. The third-order valence-electron chi connectivity index (χ3n) is 3.56. The number of amides is 2. The Balaban J connectivity index is 0.000000260. The van der Waals surface area contributed by atoms with Gasteiger partial charge in [0.1, 0.15) is 11.2 Å². The molecule has 2 aliphatic rings. The molecule has 2 aliphatic heterocycles. The lowest BCUT2D eigenvalue weighted by molar-refractivity contribution is 0.0496. The molecule has 4 N–H and O–H groups in total. The molecule has 2 rings (SSSR count). The molecule has 2 fully saturated rings. The van der Waals surface area contributed by atoms with Gasteiger partial charge in [-0.15, -0.1) is 0 Å². The summed E-state index contributed by atoms with van der Waals surface area (Å²) in [5.74, 6) is 0. The molecule has 0 aliphatic carbocycles. The van der Waals surface area contributed by atoms with Gasteiger partial charge in [0.15, 0.2) is 0 Å². The number of carbonyl (C=O) groups is 2. The number of alkyl carbamates (subject to hydrolysis) is 2. The Labute approximate surface area is 157 Å². The Morgan fingerprint density at radius 1 is 0.769 bits per heavy atom. The van der Waals surface area contributed by atoms with E-state index in [-0.39, 0.29) is 24.3 Å². The summed E-state index contributed by atoms with van der Waals surface area (Å²) in [6.07, 6.45) is 1.33. The lowest BCUT2D eigenvalue weighted by atomic mass is 10.2. The highest BCUT2D eigenvalue weighted by atomic mass is 16.6. The van der Waals surface area contributed by atoms with Crippen LogP contribution in [0.5, 0.6) is 0 Å². The Morgan fingerprint density at radius 3 is 1.35 bits per heavy atom. The van der Waals surface area contributed by atoms with Crippen LogP contribution in [0, 0.1) is 0 Å². The Kier molecular flexibility index (Phi) is 8.62. The number of carbonyl (C=O) groups excluding carboxylic acids is 2. The first-order valence-corrected chi connectivity index (χ1v) is 9.35. The summed E-state index contributed by atoms with van der Waals surface area (Å²) in [6, 6.07) is 0.463. The van der Waals surface area contributed by atoms with Crippen LogP contribution in [-0.2, 0) is 9.47 Å². The van der Waals surface area contributed by atoms with Gasteiger partial charge in [0.05, 0.1) is 0 Å². The topological polar surface area (TPSA) is 101 Å². The van der Waals surface area contributed by atoms with Crippen LogP contribution in [0.4, 0.5) is 9.59 Å². The van der Waals surface area contributed by atoms with Crippen molar-refractivity contribution in [3.05, 3.63) is 0 Å². The highest BCUT2D eigenvalue weighted by Crippen LogP contribution is 2.08. The molecule has 0 bridgehead atoms. The van der Waals surface area contributed by atoms with E-state index in [4.69, 9.17) is 9.47 Å². The van der Waals surface area contributed by atoms with Crippen molar-refractivity contribution < 1.29 is 19.1 Å². The van der Waals surface area contributed by atoms with Crippen molar-refractivity contribution in [1.82, 2.24) is 21.3 Å². The molecule has 2 amide bonds. The summed E-state index contributed by atoms with van der Waals surface area (Å²) in [5.41, 5.74) is -0.813. The highest BCUT2D eigenvalue weighted by Gasteiger charge is 2.22. The molecule has 0 saturated carbocycles. The van der Waals surface area contributed by atoms with Crippen LogP contribution in [0.2, 0.25) is 0 Å². The average Bonchev–Trinajstić information content (AvgIpc) is 3.08. The maximum Gasteiger partial charge on any atom is 0.407 e. The molecule has 8 heteroatoms. The van der Waals surface area contributed by atoms with Crippen LogP contribution >= 0.6 is 0 Å². The second-order valence-electron chi connectivity index (χ2n) is 8.67. The van der Waals surface area contributed by atoms with Crippen LogP contribution in [-0.4, -0.2) is 61.7 Å². The van der Waals surface area contributed by atoms with E-state index in [0.717, 1.165) is 39.0 Å². The molecule has 0 aromatic heterocycles. The van der Waals surface area contributed by atoms with Crippen LogP contribution in [0.3, 0.4) is 0 Å². The van der Waals surface area contributed by atoms with Gasteiger partial charge in [0.25, 0.3) is 0 Å². The van der Waals surface area contributed by atoms with Gasteiger partial charge < -0.3 is 30.7 Å². The van der Waals surface area contributed by atoms with Crippen LogP contribution in [0.15, 0.2) is 0 Å². The second kappa shape index (κ2) is 9.97. The van der Waals surface area contributed by atoms with E-state index >= 15 is 0 Å². The van der Waals surface area contributed by atoms with E-state index in [1.807, 2.05) is 41.5 Å². The molecule has 0 unspecified atom stereocenters. The summed E-state index contributed by atoms with van der Waals surface area (Å²) in [4.78, 5) is 22.5. The number of nitrogens with one attached hydrogen (secondary N) is 4.